The fourth-order valence-corrected chi connectivity index (χ4v) is 2.17. The van der Waals surface area contributed by atoms with E-state index in [1.807, 2.05) is 0 Å². The van der Waals surface area contributed by atoms with Gasteiger partial charge < -0.3 is 15.6 Å². The van der Waals surface area contributed by atoms with Crippen molar-refractivity contribution in [3.05, 3.63) is 0 Å². The molecule has 3 N–H and O–H groups in total. The third kappa shape index (κ3) is 5.50. The summed E-state index contributed by atoms with van der Waals surface area (Å²) in [7, 11) is 0. The lowest BCUT2D eigenvalue weighted by Gasteiger charge is -2.23. The standard InChI is InChI=1S/C12H25NO2/c13-12(7-3-4-8-12)11-15-10-6-2-1-5-9-14/h14H,1-11,13H2. The molecular weight excluding hydrogens is 190 g/mol. The number of hydrogen-bond acceptors (Lipinski definition) is 3. The zero-order valence-electron chi connectivity index (χ0n) is 9.71. The van der Waals surface area contributed by atoms with Crippen LogP contribution in [0.3, 0.4) is 0 Å². The lowest BCUT2D eigenvalue weighted by Crippen LogP contribution is -2.41. The van der Waals surface area contributed by atoms with E-state index < -0.39 is 0 Å². The Kier molecular flexibility index (Phi) is 6.22. The van der Waals surface area contributed by atoms with Crippen LogP contribution in [0, 0.1) is 0 Å². The predicted octanol–water partition coefficient (Wildman–Crippen LogP) is 1.83. The summed E-state index contributed by atoms with van der Waals surface area (Å²) in [6, 6.07) is 0. The Hall–Kier alpha value is -0.120. The van der Waals surface area contributed by atoms with Gasteiger partial charge in [0.1, 0.15) is 0 Å². The third-order valence-electron chi connectivity index (χ3n) is 3.19. The Balaban J connectivity index is 1.88. The van der Waals surface area contributed by atoms with Crippen LogP contribution in [0.4, 0.5) is 0 Å². The number of aliphatic hydroxyl groups excluding tert-OH is 1. The van der Waals surface area contributed by atoms with Gasteiger partial charge in [-0.3, -0.25) is 0 Å². The van der Waals surface area contributed by atoms with Gasteiger partial charge in [0, 0.05) is 18.8 Å². The highest BCUT2D eigenvalue weighted by Gasteiger charge is 2.29. The number of nitrogens with two attached hydrogens (primary N) is 1. The van der Waals surface area contributed by atoms with E-state index in [-0.39, 0.29) is 5.54 Å². The van der Waals surface area contributed by atoms with Crippen molar-refractivity contribution >= 4 is 0 Å². The molecule has 1 aliphatic rings. The van der Waals surface area contributed by atoms with Gasteiger partial charge in [0.2, 0.25) is 0 Å². The maximum atomic E-state index is 8.60. The van der Waals surface area contributed by atoms with Gasteiger partial charge in [-0.1, -0.05) is 25.7 Å². The Morgan fingerprint density at radius 3 is 2.40 bits per heavy atom. The second kappa shape index (κ2) is 7.20. The molecule has 0 aliphatic heterocycles. The molecule has 0 bridgehead atoms. The van der Waals surface area contributed by atoms with Crippen LogP contribution in [0.2, 0.25) is 0 Å². The van der Waals surface area contributed by atoms with E-state index in [4.69, 9.17) is 15.6 Å². The van der Waals surface area contributed by atoms with Crippen LogP contribution in [-0.4, -0.2) is 30.5 Å². The van der Waals surface area contributed by atoms with E-state index in [0.717, 1.165) is 51.7 Å². The highest BCUT2D eigenvalue weighted by atomic mass is 16.5. The van der Waals surface area contributed by atoms with Crippen LogP contribution in [0.25, 0.3) is 0 Å². The molecule has 1 aliphatic carbocycles. The van der Waals surface area contributed by atoms with Gasteiger partial charge in [-0.15, -0.1) is 0 Å². The monoisotopic (exact) mass is 215 g/mol. The molecule has 1 saturated carbocycles. The second-order valence-corrected chi connectivity index (χ2v) is 4.76. The summed E-state index contributed by atoms with van der Waals surface area (Å²) in [5, 5.41) is 8.60. The van der Waals surface area contributed by atoms with E-state index in [2.05, 4.69) is 0 Å². The smallest absolute Gasteiger partial charge is 0.0646 e. The van der Waals surface area contributed by atoms with Gasteiger partial charge in [-0.2, -0.15) is 0 Å². The first-order valence-electron chi connectivity index (χ1n) is 6.24. The van der Waals surface area contributed by atoms with Gasteiger partial charge >= 0.3 is 0 Å². The summed E-state index contributed by atoms with van der Waals surface area (Å²) >= 11 is 0. The van der Waals surface area contributed by atoms with E-state index in [1.165, 1.54) is 12.8 Å². The average molecular weight is 215 g/mol. The summed E-state index contributed by atoms with van der Waals surface area (Å²) in [5.74, 6) is 0. The van der Waals surface area contributed by atoms with E-state index in [1.54, 1.807) is 0 Å². The molecule has 0 radical (unpaired) electrons. The first-order valence-corrected chi connectivity index (χ1v) is 6.24. The first kappa shape index (κ1) is 12.9. The molecule has 0 saturated heterocycles. The number of unbranched alkanes of at least 4 members (excludes halogenated alkanes) is 3. The quantitative estimate of drug-likeness (QED) is 0.607. The fraction of sp³-hybridized carbons (Fsp3) is 1.00. The molecule has 3 heteroatoms. The van der Waals surface area contributed by atoms with Crippen LogP contribution >= 0.6 is 0 Å². The average Bonchev–Trinajstić information content (AvgIpc) is 2.64. The Bertz CT molecular complexity index is 156. The van der Waals surface area contributed by atoms with Gasteiger partial charge in [0.15, 0.2) is 0 Å². The molecule has 0 atom stereocenters. The van der Waals surface area contributed by atoms with Gasteiger partial charge in [-0.05, 0) is 25.7 Å². The first-order chi connectivity index (χ1) is 7.27. The maximum absolute atomic E-state index is 8.60. The van der Waals surface area contributed by atoms with Crippen LogP contribution in [0.15, 0.2) is 0 Å². The normalized spacial score (nSPS) is 19.6. The molecule has 0 aromatic heterocycles. The summed E-state index contributed by atoms with van der Waals surface area (Å²) in [4.78, 5) is 0. The van der Waals surface area contributed by atoms with Crippen LogP contribution in [-0.2, 0) is 4.74 Å². The minimum Gasteiger partial charge on any atom is -0.396 e. The molecule has 0 unspecified atom stereocenters. The zero-order valence-corrected chi connectivity index (χ0v) is 9.71. The zero-order chi connectivity index (χ0) is 11.0. The lowest BCUT2D eigenvalue weighted by atomic mass is 10.0. The van der Waals surface area contributed by atoms with Crippen molar-refractivity contribution in [1.29, 1.82) is 0 Å². The molecule has 0 heterocycles. The summed E-state index contributed by atoms with van der Waals surface area (Å²) in [6.45, 7) is 1.87. The van der Waals surface area contributed by atoms with Crippen molar-refractivity contribution in [2.24, 2.45) is 5.73 Å². The highest BCUT2D eigenvalue weighted by Crippen LogP contribution is 2.27. The van der Waals surface area contributed by atoms with Crippen molar-refractivity contribution in [3.8, 4) is 0 Å². The number of hydrogen-bond donors (Lipinski definition) is 2. The fourth-order valence-electron chi connectivity index (χ4n) is 2.17. The highest BCUT2D eigenvalue weighted by molar-refractivity contribution is 4.88. The Morgan fingerprint density at radius 1 is 1.07 bits per heavy atom. The lowest BCUT2D eigenvalue weighted by molar-refractivity contribution is 0.0836. The molecule has 1 fully saturated rings. The number of rotatable bonds is 8. The summed E-state index contributed by atoms with van der Waals surface area (Å²) in [6.07, 6.45) is 9.03. The minimum atomic E-state index is -0.0227. The molecule has 0 aromatic carbocycles. The van der Waals surface area contributed by atoms with E-state index in [0.29, 0.717) is 6.61 Å². The van der Waals surface area contributed by atoms with E-state index >= 15 is 0 Å². The Labute approximate surface area is 93.0 Å². The second-order valence-electron chi connectivity index (χ2n) is 4.76. The van der Waals surface area contributed by atoms with Crippen molar-refractivity contribution in [2.45, 2.75) is 56.9 Å². The molecule has 1 rings (SSSR count). The van der Waals surface area contributed by atoms with Crippen molar-refractivity contribution in [2.75, 3.05) is 19.8 Å². The molecule has 3 nitrogen and oxygen atoms in total. The van der Waals surface area contributed by atoms with Crippen LogP contribution < -0.4 is 5.73 Å². The van der Waals surface area contributed by atoms with Crippen LogP contribution in [0.1, 0.15) is 51.4 Å². The largest absolute Gasteiger partial charge is 0.396 e. The van der Waals surface area contributed by atoms with Crippen molar-refractivity contribution in [3.63, 3.8) is 0 Å². The number of ether oxygens (including phenoxy) is 1. The minimum absolute atomic E-state index is 0.0227. The summed E-state index contributed by atoms with van der Waals surface area (Å²) < 4.78 is 5.61. The molecule has 15 heavy (non-hydrogen) atoms. The van der Waals surface area contributed by atoms with E-state index in [9.17, 15) is 0 Å². The van der Waals surface area contributed by atoms with Gasteiger partial charge in [-0.25, -0.2) is 0 Å². The Morgan fingerprint density at radius 2 is 1.73 bits per heavy atom. The van der Waals surface area contributed by atoms with Gasteiger partial charge in [0.25, 0.3) is 0 Å². The topological polar surface area (TPSA) is 55.5 Å². The molecule has 0 spiro atoms. The third-order valence-corrected chi connectivity index (χ3v) is 3.19. The van der Waals surface area contributed by atoms with Crippen molar-refractivity contribution in [1.82, 2.24) is 0 Å². The SMILES string of the molecule is NC1(COCCCCCCO)CCCC1. The molecule has 90 valence electrons. The maximum Gasteiger partial charge on any atom is 0.0646 e. The van der Waals surface area contributed by atoms with Crippen LogP contribution in [0.5, 0.6) is 0 Å². The van der Waals surface area contributed by atoms with Crippen molar-refractivity contribution < 1.29 is 9.84 Å². The predicted molar refractivity (Wildman–Crippen MR) is 61.8 cm³/mol. The molecule has 0 amide bonds. The summed E-state index contributed by atoms with van der Waals surface area (Å²) in [5.41, 5.74) is 6.14. The molecule has 0 aromatic rings. The van der Waals surface area contributed by atoms with Gasteiger partial charge in [0.05, 0.1) is 6.61 Å². The molecular formula is C12H25NO2. The number of aliphatic hydroxyl groups is 1.